The van der Waals surface area contributed by atoms with E-state index in [0.29, 0.717) is 13.0 Å². The molecule has 0 aromatic rings. The number of rotatable bonds is 5. The molecule has 1 aliphatic rings. The van der Waals surface area contributed by atoms with E-state index < -0.39 is 18.8 Å². The first-order valence-corrected chi connectivity index (χ1v) is 6.08. The summed E-state index contributed by atoms with van der Waals surface area (Å²) in [6.07, 6.45) is -2.61. The molecule has 1 saturated carbocycles. The summed E-state index contributed by atoms with van der Waals surface area (Å²) < 4.78 is 37.0. The van der Waals surface area contributed by atoms with Gasteiger partial charge in [-0.15, -0.1) is 0 Å². The Bertz CT molecular complexity index is 243. The molecule has 1 fully saturated rings. The van der Waals surface area contributed by atoms with E-state index in [1.165, 1.54) is 4.90 Å². The molecule has 0 aromatic heterocycles. The zero-order valence-corrected chi connectivity index (χ0v) is 10.7. The van der Waals surface area contributed by atoms with Crippen molar-refractivity contribution in [1.82, 2.24) is 4.90 Å². The maximum absolute atomic E-state index is 12.3. The van der Waals surface area contributed by atoms with Gasteiger partial charge in [-0.25, -0.2) is 0 Å². The van der Waals surface area contributed by atoms with Gasteiger partial charge in [-0.1, -0.05) is 20.8 Å². The third kappa shape index (κ3) is 5.73. The number of aliphatic hydroxyl groups excluding tert-OH is 1. The minimum absolute atomic E-state index is 0.0730. The van der Waals surface area contributed by atoms with E-state index in [9.17, 15) is 18.3 Å². The summed E-state index contributed by atoms with van der Waals surface area (Å²) in [6, 6.07) is 0.0730. The molecule has 1 atom stereocenters. The van der Waals surface area contributed by atoms with Crippen LogP contribution in [-0.2, 0) is 0 Å². The predicted octanol–water partition coefficient (Wildman–Crippen LogP) is 2.81. The second-order valence-electron chi connectivity index (χ2n) is 5.99. The molecular formula is C12H22F3NO. The van der Waals surface area contributed by atoms with Crippen molar-refractivity contribution in [1.29, 1.82) is 0 Å². The average molecular weight is 253 g/mol. The summed E-state index contributed by atoms with van der Waals surface area (Å²) in [6.45, 7) is 5.14. The highest BCUT2D eigenvalue weighted by molar-refractivity contribution is 4.86. The predicted molar refractivity (Wildman–Crippen MR) is 60.7 cm³/mol. The lowest BCUT2D eigenvalue weighted by Gasteiger charge is -2.29. The molecule has 0 bridgehead atoms. The van der Waals surface area contributed by atoms with E-state index in [-0.39, 0.29) is 11.5 Å². The van der Waals surface area contributed by atoms with Gasteiger partial charge in [0.1, 0.15) is 0 Å². The topological polar surface area (TPSA) is 23.5 Å². The minimum atomic E-state index is -4.14. The molecule has 0 amide bonds. The Kier molecular flexibility index (Phi) is 4.47. The fraction of sp³-hybridized carbons (Fsp3) is 1.00. The molecule has 0 aliphatic heterocycles. The van der Waals surface area contributed by atoms with Crippen molar-refractivity contribution >= 4 is 0 Å². The van der Waals surface area contributed by atoms with E-state index >= 15 is 0 Å². The number of hydrogen-bond acceptors (Lipinski definition) is 2. The molecule has 0 heterocycles. The van der Waals surface area contributed by atoms with Crippen molar-refractivity contribution in [3.8, 4) is 0 Å². The average Bonchev–Trinajstić information content (AvgIpc) is 2.90. The lowest BCUT2D eigenvalue weighted by Crippen LogP contribution is -2.39. The molecule has 2 nitrogen and oxygen atoms in total. The van der Waals surface area contributed by atoms with Gasteiger partial charge in [-0.2, -0.15) is 13.2 Å². The van der Waals surface area contributed by atoms with Gasteiger partial charge >= 0.3 is 6.18 Å². The van der Waals surface area contributed by atoms with Crippen molar-refractivity contribution in [2.45, 2.75) is 58.4 Å². The van der Waals surface area contributed by atoms with E-state index in [0.717, 1.165) is 12.8 Å². The Labute approximate surface area is 101 Å². The number of aliphatic hydroxyl groups is 1. The Hall–Kier alpha value is -0.290. The molecule has 1 rings (SSSR count). The lowest BCUT2D eigenvalue weighted by atomic mass is 9.87. The Morgan fingerprint density at radius 3 is 2.12 bits per heavy atom. The van der Waals surface area contributed by atoms with E-state index in [2.05, 4.69) is 0 Å². The lowest BCUT2D eigenvalue weighted by molar-refractivity contribution is -0.148. The summed E-state index contributed by atoms with van der Waals surface area (Å²) in [5.41, 5.74) is -0.270. The van der Waals surface area contributed by atoms with Crippen LogP contribution in [-0.4, -0.2) is 41.4 Å². The molecule has 1 aliphatic carbocycles. The number of halogens is 3. The van der Waals surface area contributed by atoms with Crippen molar-refractivity contribution < 1.29 is 18.3 Å². The molecule has 1 unspecified atom stereocenters. The molecule has 0 spiro atoms. The normalized spacial score (nSPS) is 19.8. The number of nitrogens with zero attached hydrogens (tertiary/aromatic N) is 1. The molecule has 0 saturated heterocycles. The van der Waals surface area contributed by atoms with Gasteiger partial charge < -0.3 is 5.11 Å². The third-order valence-electron chi connectivity index (χ3n) is 3.14. The number of hydrogen-bond donors (Lipinski definition) is 1. The summed E-state index contributed by atoms with van der Waals surface area (Å²) in [7, 11) is 0. The van der Waals surface area contributed by atoms with Crippen LogP contribution in [0.15, 0.2) is 0 Å². The zero-order valence-electron chi connectivity index (χ0n) is 10.7. The Balaban J connectivity index is 2.40. The van der Waals surface area contributed by atoms with Crippen LogP contribution in [0.5, 0.6) is 0 Å². The highest BCUT2D eigenvalue weighted by Crippen LogP contribution is 2.31. The Morgan fingerprint density at radius 2 is 1.76 bits per heavy atom. The largest absolute Gasteiger partial charge is 0.401 e. The second-order valence-corrected chi connectivity index (χ2v) is 5.99. The van der Waals surface area contributed by atoms with Crippen LogP contribution >= 0.6 is 0 Å². The maximum Gasteiger partial charge on any atom is 0.401 e. The van der Waals surface area contributed by atoms with Gasteiger partial charge in [0.05, 0.1) is 12.6 Å². The van der Waals surface area contributed by atoms with Crippen molar-refractivity contribution in [2.24, 2.45) is 5.41 Å². The van der Waals surface area contributed by atoms with Crippen LogP contribution in [0.4, 0.5) is 13.2 Å². The molecule has 0 aromatic carbocycles. The summed E-state index contributed by atoms with van der Waals surface area (Å²) in [4.78, 5) is 1.45. The van der Waals surface area contributed by atoms with Gasteiger partial charge in [0.2, 0.25) is 0 Å². The molecule has 102 valence electrons. The van der Waals surface area contributed by atoms with Crippen LogP contribution in [0.2, 0.25) is 0 Å². The fourth-order valence-electron chi connectivity index (χ4n) is 1.78. The second kappa shape index (κ2) is 5.14. The van der Waals surface area contributed by atoms with Crippen molar-refractivity contribution in [3.05, 3.63) is 0 Å². The van der Waals surface area contributed by atoms with Crippen molar-refractivity contribution in [3.63, 3.8) is 0 Å². The van der Waals surface area contributed by atoms with Crippen LogP contribution < -0.4 is 0 Å². The van der Waals surface area contributed by atoms with Crippen LogP contribution in [0, 0.1) is 5.41 Å². The van der Waals surface area contributed by atoms with Crippen LogP contribution in [0.3, 0.4) is 0 Å². The monoisotopic (exact) mass is 253 g/mol. The highest BCUT2D eigenvalue weighted by atomic mass is 19.4. The quantitative estimate of drug-likeness (QED) is 0.814. The minimum Gasteiger partial charge on any atom is -0.393 e. The first-order valence-electron chi connectivity index (χ1n) is 6.08. The van der Waals surface area contributed by atoms with Crippen molar-refractivity contribution in [2.75, 3.05) is 13.1 Å². The Morgan fingerprint density at radius 1 is 1.24 bits per heavy atom. The van der Waals surface area contributed by atoms with Crippen LogP contribution in [0.25, 0.3) is 0 Å². The smallest absolute Gasteiger partial charge is 0.393 e. The van der Waals surface area contributed by atoms with E-state index in [1.807, 2.05) is 20.8 Å². The van der Waals surface area contributed by atoms with E-state index in [1.54, 1.807) is 0 Å². The molecule has 17 heavy (non-hydrogen) atoms. The molecular weight excluding hydrogens is 231 g/mol. The first-order chi connectivity index (χ1) is 7.59. The molecule has 1 N–H and O–H groups in total. The standard InChI is InChI=1S/C12H22F3NO/c1-11(2,3)10(17)6-7-16(9-4-5-9)8-12(13,14)15/h9-10,17H,4-8H2,1-3H3. The van der Waals surface area contributed by atoms with Gasteiger partial charge in [-0.05, 0) is 24.7 Å². The first kappa shape index (κ1) is 14.8. The zero-order chi connectivity index (χ0) is 13.3. The van der Waals surface area contributed by atoms with Gasteiger partial charge in [0.15, 0.2) is 0 Å². The fourth-order valence-corrected chi connectivity index (χ4v) is 1.78. The summed E-state index contributed by atoms with van der Waals surface area (Å²) in [5.74, 6) is 0. The maximum atomic E-state index is 12.3. The van der Waals surface area contributed by atoms with Gasteiger partial charge in [0.25, 0.3) is 0 Å². The summed E-state index contributed by atoms with van der Waals surface area (Å²) >= 11 is 0. The molecule has 5 heteroatoms. The van der Waals surface area contributed by atoms with Crippen LogP contribution in [0.1, 0.15) is 40.0 Å². The third-order valence-corrected chi connectivity index (χ3v) is 3.14. The van der Waals surface area contributed by atoms with Gasteiger partial charge in [-0.3, -0.25) is 4.90 Å². The summed E-state index contributed by atoms with van der Waals surface area (Å²) in [5, 5.41) is 9.83. The van der Waals surface area contributed by atoms with E-state index in [4.69, 9.17) is 0 Å². The molecule has 0 radical (unpaired) electrons. The van der Waals surface area contributed by atoms with Gasteiger partial charge in [0, 0.05) is 12.6 Å². The SMILES string of the molecule is CC(C)(C)C(O)CCN(CC(F)(F)F)C1CC1. The highest BCUT2D eigenvalue weighted by Gasteiger charge is 2.38. The number of alkyl halides is 3.